The first kappa shape index (κ1) is 16.4. The van der Waals surface area contributed by atoms with Gasteiger partial charge in [-0.2, -0.15) is 4.98 Å². The van der Waals surface area contributed by atoms with E-state index in [4.69, 9.17) is 4.52 Å². The Labute approximate surface area is 138 Å². The van der Waals surface area contributed by atoms with Crippen molar-refractivity contribution in [3.63, 3.8) is 0 Å². The number of rotatable bonds is 4. The first-order chi connectivity index (χ1) is 11.0. The van der Waals surface area contributed by atoms with Crippen LogP contribution in [0.5, 0.6) is 0 Å². The molecule has 2 fully saturated rings. The maximum Gasteiger partial charge on any atom is 0.317 e. The van der Waals surface area contributed by atoms with Crippen LogP contribution in [0.2, 0.25) is 0 Å². The average Bonchev–Trinajstić information content (AvgIpc) is 2.92. The minimum Gasteiger partial charge on any atom is -0.339 e. The molecule has 128 valence electrons. The van der Waals surface area contributed by atoms with E-state index in [2.05, 4.69) is 15.5 Å². The summed E-state index contributed by atoms with van der Waals surface area (Å²) >= 11 is 0. The van der Waals surface area contributed by atoms with Crippen LogP contribution in [0.3, 0.4) is 0 Å². The maximum atomic E-state index is 12.4. The Morgan fingerprint density at radius 2 is 2.26 bits per heavy atom. The number of carbonyl (C=O) groups excluding carboxylic acids is 1. The third kappa shape index (κ3) is 3.41. The highest BCUT2D eigenvalue weighted by Gasteiger charge is 2.41. The number of carbonyl (C=O) groups is 1. The van der Waals surface area contributed by atoms with Crippen LogP contribution >= 0.6 is 0 Å². The van der Waals surface area contributed by atoms with Gasteiger partial charge in [-0.05, 0) is 32.6 Å². The molecule has 1 aliphatic carbocycles. The molecular weight excluding hydrogens is 316 g/mol. The van der Waals surface area contributed by atoms with Crippen LogP contribution in [0.25, 0.3) is 0 Å². The standard InChI is InChI=1S/C15H24N4O3S/c1-11-17-13(22-18-11)12-5-3-8-19(9-12)14(20)16-10-15(23(2)21)6-4-7-15/h12H,3-10H2,1-2H3,(H,16,20)/t12-,23-/m1/s1. The number of hydrogen-bond acceptors (Lipinski definition) is 5. The van der Waals surface area contributed by atoms with Gasteiger partial charge in [0.1, 0.15) is 0 Å². The van der Waals surface area contributed by atoms with Crippen LogP contribution in [0.4, 0.5) is 4.79 Å². The predicted octanol–water partition coefficient (Wildman–Crippen LogP) is 1.57. The van der Waals surface area contributed by atoms with Crippen molar-refractivity contribution in [1.29, 1.82) is 0 Å². The largest absolute Gasteiger partial charge is 0.339 e. The second-order valence-corrected chi connectivity index (χ2v) is 8.39. The molecule has 0 aromatic carbocycles. The molecule has 3 rings (SSSR count). The molecule has 1 aliphatic heterocycles. The van der Waals surface area contributed by atoms with Crippen LogP contribution in [0.15, 0.2) is 4.52 Å². The normalized spacial score (nSPS) is 24.8. The van der Waals surface area contributed by atoms with E-state index in [9.17, 15) is 9.00 Å². The summed E-state index contributed by atoms with van der Waals surface area (Å²) in [4.78, 5) is 18.5. The molecule has 0 spiro atoms. The summed E-state index contributed by atoms with van der Waals surface area (Å²) in [6, 6.07) is -0.0809. The SMILES string of the molecule is Cc1noc([C@@H]2CCCN(C(=O)NCC3([S@@](C)=O)CCC3)C2)n1. The fraction of sp³-hybridized carbons (Fsp3) is 0.800. The third-order valence-corrected chi connectivity index (χ3v) is 6.81. The number of amides is 2. The van der Waals surface area contributed by atoms with Crippen LogP contribution < -0.4 is 5.32 Å². The van der Waals surface area contributed by atoms with Crippen molar-refractivity contribution in [2.75, 3.05) is 25.9 Å². The Balaban J connectivity index is 1.56. The van der Waals surface area contributed by atoms with E-state index in [0.29, 0.717) is 24.8 Å². The molecule has 2 heterocycles. The third-order valence-electron chi connectivity index (χ3n) is 5.04. The lowest BCUT2D eigenvalue weighted by atomic mass is 9.84. The van der Waals surface area contributed by atoms with E-state index in [-0.39, 0.29) is 16.7 Å². The number of urea groups is 1. The van der Waals surface area contributed by atoms with E-state index in [0.717, 1.165) is 38.6 Å². The van der Waals surface area contributed by atoms with Crippen molar-refractivity contribution in [3.05, 3.63) is 11.7 Å². The molecule has 0 unspecified atom stereocenters. The first-order valence-corrected chi connectivity index (χ1v) is 9.72. The zero-order chi connectivity index (χ0) is 16.4. The fourth-order valence-corrected chi connectivity index (χ4v) is 4.47. The van der Waals surface area contributed by atoms with Gasteiger partial charge >= 0.3 is 6.03 Å². The molecule has 23 heavy (non-hydrogen) atoms. The highest BCUT2D eigenvalue weighted by molar-refractivity contribution is 7.85. The lowest BCUT2D eigenvalue weighted by Crippen LogP contribution is -2.54. The van der Waals surface area contributed by atoms with Gasteiger partial charge < -0.3 is 14.7 Å². The highest BCUT2D eigenvalue weighted by atomic mass is 32.2. The topological polar surface area (TPSA) is 88.3 Å². The first-order valence-electron chi connectivity index (χ1n) is 8.17. The van der Waals surface area contributed by atoms with Crippen molar-refractivity contribution in [2.45, 2.75) is 49.7 Å². The summed E-state index contributed by atoms with van der Waals surface area (Å²) in [5.41, 5.74) is 0. The Bertz CT molecular complexity index is 599. The van der Waals surface area contributed by atoms with Crippen LogP contribution in [0, 0.1) is 6.92 Å². The molecule has 2 amide bonds. The summed E-state index contributed by atoms with van der Waals surface area (Å²) in [7, 11) is -0.904. The van der Waals surface area contributed by atoms with Gasteiger partial charge in [0, 0.05) is 36.7 Å². The molecule has 0 bridgehead atoms. The lowest BCUT2D eigenvalue weighted by Gasteiger charge is -2.40. The van der Waals surface area contributed by atoms with E-state index in [1.807, 2.05) is 0 Å². The van der Waals surface area contributed by atoms with E-state index >= 15 is 0 Å². The molecule has 7 nitrogen and oxygen atoms in total. The number of likely N-dealkylation sites (tertiary alicyclic amines) is 1. The molecule has 1 saturated heterocycles. The molecule has 1 N–H and O–H groups in total. The molecule has 2 atom stereocenters. The number of aromatic nitrogens is 2. The second-order valence-electron chi connectivity index (χ2n) is 6.61. The zero-order valence-corrected chi connectivity index (χ0v) is 14.5. The van der Waals surface area contributed by atoms with Crippen molar-refractivity contribution in [3.8, 4) is 0 Å². The second kappa shape index (κ2) is 6.59. The summed E-state index contributed by atoms with van der Waals surface area (Å²) in [5.74, 6) is 1.35. The number of piperidine rings is 1. The molecule has 1 aromatic heterocycles. The Kier molecular flexibility index (Phi) is 4.70. The Morgan fingerprint density at radius 3 is 2.83 bits per heavy atom. The smallest absolute Gasteiger partial charge is 0.317 e. The number of hydrogen-bond donors (Lipinski definition) is 1. The minimum atomic E-state index is -0.904. The van der Waals surface area contributed by atoms with Gasteiger partial charge in [0.2, 0.25) is 5.89 Å². The van der Waals surface area contributed by atoms with Crippen molar-refractivity contribution >= 4 is 16.8 Å². The van der Waals surface area contributed by atoms with E-state index in [1.165, 1.54) is 0 Å². The van der Waals surface area contributed by atoms with E-state index in [1.54, 1.807) is 18.1 Å². The van der Waals surface area contributed by atoms with Gasteiger partial charge in [-0.25, -0.2) is 4.79 Å². The molecule has 1 saturated carbocycles. The minimum absolute atomic E-state index is 0.0809. The maximum absolute atomic E-state index is 12.4. The quantitative estimate of drug-likeness (QED) is 0.899. The van der Waals surface area contributed by atoms with Crippen LogP contribution in [-0.2, 0) is 10.8 Å². The number of nitrogens with one attached hydrogen (secondary N) is 1. The van der Waals surface area contributed by atoms with Crippen LogP contribution in [-0.4, -0.2) is 55.9 Å². The van der Waals surface area contributed by atoms with Crippen LogP contribution in [0.1, 0.15) is 49.7 Å². The van der Waals surface area contributed by atoms with Crippen molar-refractivity contribution in [2.24, 2.45) is 0 Å². The van der Waals surface area contributed by atoms with Gasteiger partial charge in [-0.1, -0.05) is 11.6 Å². The summed E-state index contributed by atoms with van der Waals surface area (Å²) in [5, 5.41) is 6.81. The fourth-order valence-electron chi connectivity index (χ4n) is 3.33. The molecule has 8 heteroatoms. The van der Waals surface area contributed by atoms with Crippen molar-refractivity contribution in [1.82, 2.24) is 20.4 Å². The summed E-state index contributed by atoms with van der Waals surface area (Å²) in [6.07, 6.45) is 6.57. The van der Waals surface area contributed by atoms with Gasteiger partial charge in [-0.3, -0.25) is 4.21 Å². The summed E-state index contributed by atoms with van der Waals surface area (Å²) < 4.78 is 16.9. The lowest BCUT2D eigenvalue weighted by molar-refractivity contribution is 0.169. The van der Waals surface area contributed by atoms with Crippen molar-refractivity contribution < 1.29 is 13.5 Å². The molecule has 0 radical (unpaired) electrons. The summed E-state index contributed by atoms with van der Waals surface area (Å²) in [6.45, 7) is 3.62. The highest BCUT2D eigenvalue weighted by Crippen LogP contribution is 2.36. The number of nitrogens with zero attached hydrogens (tertiary/aromatic N) is 3. The average molecular weight is 340 g/mol. The molecule has 2 aliphatic rings. The molecule has 1 aromatic rings. The Morgan fingerprint density at radius 1 is 1.48 bits per heavy atom. The zero-order valence-electron chi connectivity index (χ0n) is 13.7. The van der Waals surface area contributed by atoms with E-state index < -0.39 is 10.8 Å². The number of aryl methyl sites for hydroxylation is 1. The van der Waals surface area contributed by atoms with Gasteiger partial charge in [0.25, 0.3) is 0 Å². The monoisotopic (exact) mass is 340 g/mol. The molecular formula is C15H24N4O3S. The predicted molar refractivity (Wildman–Crippen MR) is 86.6 cm³/mol. The van der Waals surface area contributed by atoms with Gasteiger partial charge in [-0.15, -0.1) is 0 Å². The van der Waals surface area contributed by atoms with Gasteiger partial charge in [0.05, 0.1) is 10.7 Å². The Hall–Kier alpha value is -1.44. The van der Waals surface area contributed by atoms with Gasteiger partial charge in [0.15, 0.2) is 5.82 Å².